The number of Topliss-reactive ketones (excluding diaryl/α,β-unsaturated/α-hetero) is 1. The topological polar surface area (TPSA) is 20.3 Å². The molecule has 0 heterocycles. The van der Waals surface area contributed by atoms with Crippen molar-refractivity contribution in [2.45, 2.75) is 19.3 Å². The van der Waals surface area contributed by atoms with Crippen LogP contribution in [0.15, 0.2) is 60.2 Å². The number of nitrogens with zero attached hydrogens (tertiary/aromatic N) is 1. The molecule has 24 heavy (non-hydrogen) atoms. The van der Waals surface area contributed by atoms with Gasteiger partial charge in [0.1, 0.15) is 0 Å². The van der Waals surface area contributed by atoms with E-state index >= 15 is 0 Å². The summed E-state index contributed by atoms with van der Waals surface area (Å²) in [5.41, 5.74) is 4.53. The maximum absolute atomic E-state index is 12.7. The molecule has 0 aromatic heterocycles. The van der Waals surface area contributed by atoms with Crippen molar-refractivity contribution < 1.29 is 4.79 Å². The van der Waals surface area contributed by atoms with Gasteiger partial charge in [-0.1, -0.05) is 54.6 Å². The van der Waals surface area contributed by atoms with Crippen LogP contribution in [0.2, 0.25) is 0 Å². The molecule has 2 heteroatoms. The molecule has 124 valence electrons. The first-order valence-electron chi connectivity index (χ1n) is 8.68. The number of allylic oxidation sites excluding steroid dienone is 1. The second-order valence-corrected chi connectivity index (χ2v) is 6.87. The van der Waals surface area contributed by atoms with Crippen LogP contribution in [-0.2, 0) is 4.79 Å². The van der Waals surface area contributed by atoms with E-state index in [1.165, 1.54) is 11.1 Å². The number of benzene rings is 2. The smallest absolute Gasteiger partial charge is 0.163 e. The molecule has 0 aliphatic heterocycles. The van der Waals surface area contributed by atoms with Crippen molar-refractivity contribution >= 4 is 11.9 Å². The van der Waals surface area contributed by atoms with Crippen molar-refractivity contribution in [3.63, 3.8) is 0 Å². The predicted molar refractivity (Wildman–Crippen MR) is 101 cm³/mol. The lowest BCUT2D eigenvalue weighted by Crippen LogP contribution is -2.31. The Kier molecular flexibility index (Phi) is 5.27. The molecule has 3 rings (SSSR count). The number of carbonyl (C=O) groups excluding carboxylic acids is 1. The van der Waals surface area contributed by atoms with E-state index in [1.807, 2.05) is 20.2 Å². The lowest BCUT2D eigenvalue weighted by molar-refractivity contribution is -0.120. The molecule has 1 aliphatic rings. The maximum atomic E-state index is 12.7. The molecule has 0 amide bonds. The van der Waals surface area contributed by atoms with Crippen molar-refractivity contribution in [2.24, 2.45) is 5.92 Å². The van der Waals surface area contributed by atoms with Crippen LogP contribution >= 0.6 is 0 Å². The van der Waals surface area contributed by atoms with Crippen LogP contribution in [0.25, 0.3) is 17.2 Å². The molecule has 1 fully saturated rings. The van der Waals surface area contributed by atoms with Gasteiger partial charge in [-0.15, -0.1) is 0 Å². The SMILES string of the molecule is CN(C)CC1CCCC(=Cc2ccc(-c3ccccc3)cc2)C1=O. The Morgan fingerprint density at radius 3 is 2.33 bits per heavy atom. The van der Waals surface area contributed by atoms with Crippen LogP contribution in [0.4, 0.5) is 0 Å². The fourth-order valence-corrected chi connectivity index (χ4v) is 3.42. The van der Waals surface area contributed by atoms with Crippen molar-refractivity contribution in [3.05, 3.63) is 65.7 Å². The van der Waals surface area contributed by atoms with Crippen molar-refractivity contribution in [3.8, 4) is 11.1 Å². The molecule has 0 bridgehead atoms. The highest BCUT2D eigenvalue weighted by Crippen LogP contribution is 2.28. The van der Waals surface area contributed by atoms with Crippen LogP contribution < -0.4 is 0 Å². The molecule has 2 nitrogen and oxygen atoms in total. The van der Waals surface area contributed by atoms with E-state index in [2.05, 4.69) is 59.5 Å². The summed E-state index contributed by atoms with van der Waals surface area (Å²) in [6, 6.07) is 18.8. The van der Waals surface area contributed by atoms with Crippen molar-refractivity contribution in [2.75, 3.05) is 20.6 Å². The van der Waals surface area contributed by atoms with E-state index in [4.69, 9.17) is 0 Å². The molecule has 1 atom stereocenters. The van der Waals surface area contributed by atoms with Crippen LogP contribution in [0.5, 0.6) is 0 Å². The number of carbonyl (C=O) groups is 1. The Labute approximate surface area is 144 Å². The molecule has 1 unspecified atom stereocenters. The quantitative estimate of drug-likeness (QED) is 0.763. The minimum Gasteiger partial charge on any atom is -0.309 e. The lowest BCUT2D eigenvalue weighted by atomic mass is 9.83. The third kappa shape index (κ3) is 4.01. The monoisotopic (exact) mass is 319 g/mol. The number of ketones is 1. The Morgan fingerprint density at radius 1 is 1.00 bits per heavy atom. The molecular formula is C22H25NO. The summed E-state index contributed by atoms with van der Waals surface area (Å²) in [4.78, 5) is 14.8. The largest absolute Gasteiger partial charge is 0.309 e. The van der Waals surface area contributed by atoms with E-state index in [-0.39, 0.29) is 5.92 Å². The van der Waals surface area contributed by atoms with Gasteiger partial charge >= 0.3 is 0 Å². The van der Waals surface area contributed by atoms with Crippen molar-refractivity contribution in [1.29, 1.82) is 0 Å². The summed E-state index contributed by atoms with van der Waals surface area (Å²) >= 11 is 0. The maximum Gasteiger partial charge on any atom is 0.163 e. The van der Waals surface area contributed by atoms with E-state index in [1.54, 1.807) is 0 Å². The van der Waals surface area contributed by atoms with Gasteiger partial charge in [-0.2, -0.15) is 0 Å². The van der Waals surface area contributed by atoms with Gasteiger partial charge in [0.2, 0.25) is 0 Å². The average Bonchev–Trinajstić information content (AvgIpc) is 2.59. The Bertz CT molecular complexity index is 713. The van der Waals surface area contributed by atoms with E-state index in [9.17, 15) is 4.79 Å². The summed E-state index contributed by atoms with van der Waals surface area (Å²) in [5.74, 6) is 0.491. The van der Waals surface area contributed by atoms with Gasteiger partial charge in [0.05, 0.1) is 0 Å². The number of rotatable bonds is 4. The summed E-state index contributed by atoms with van der Waals surface area (Å²) in [7, 11) is 4.07. The molecule has 1 saturated carbocycles. The number of hydrogen-bond donors (Lipinski definition) is 0. The highest BCUT2D eigenvalue weighted by molar-refractivity contribution is 6.01. The van der Waals surface area contributed by atoms with E-state index in [0.717, 1.165) is 36.9 Å². The minimum atomic E-state index is 0.156. The molecule has 0 spiro atoms. The number of hydrogen-bond acceptors (Lipinski definition) is 2. The second-order valence-electron chi connectivity index (χ2n) is 6.87. The van der Waals surface area contributed by atoms with E-state index < -0.39 is 0 Å². The zero-order valence-corrected chi connectivity index (χ0v) is 14.5. The molecular weight excluding hydrogens is 294 g/mol. The minimum absolute atomic E-state index is 0.156. The van der Waals surface area contributed by atoms with Gasteiger partial charge in [0, 0.05) is 12.5 Å². The summed E-state index contributed by atoms with van der Waals surface area (Å²) in [6.45, 7) is 0.850. The van der Waals surface area contributed by atoms with Crippen LogP contribution in [-0.4, -0.2) is 31.3 Å². The van der Waals surface area contributed by atoms with E-state index in [0.29, 0.717) is 5.78 Å². The molecule has 0 saturated heterocycles. The zero-order chi connectivity index (χ0) is 16.9. The third-order valence-corrected chi connectivity index (χ3v) is 4.63. The molecule has 1 aliphatic carbocycles. The summed E-state index contributed by atoms with van der Waals surface area (Å²) < 4.78 is 0. The van der Waals surface area contributed by atoms with Gasteiger partial charge < -0.3 is 4.90 Å². The van der Waals surface area contributed by atoms with Gasteiger partial charge in [-0.05, 0) is 61.7 Å². The van der Waals surface area contributed by atoms with Crippen molar-refractivity contribution in [1.82, 2.24) is 4.90 Å². The normalized spacial score (nSPS) is 19.9. The summed E-state index contributed by atoms with van der Waals surface area (Å²) in [6.07, 6.45) is 5.11. The first-order valence-corrected chi connectivity index (χ1v) is 8.68. The predicted octanol–water partition coefficient (Wildman–Crippen LogP) is 4.67. The Hall–Kier alpha value is -2.19. The Balaban J connectivity index is 1.77. The molecule has 0 radical (unpaired) electrons. The highest BCUT2D eigenvalue weighted by atomic mass is 16.1. The first kappa shape index (κ1) is 16.7. The first-order chi connectivity index (χ1) is 11.6. The molecule has 2 aromatic carbocycles. The molecule has 2 aromatic rings. The van der Waals surface area contributed by atoms with Crippen LogP contribution in [0, 0.1) is 5.92 Å². The van der Waals surface area contributed by atoms with Crippen LogP contribution in [0.1, 0.15) is 24.8 Å². The highest BCUT2D eigenvalue weighted by Gasteiger charge is 2.26. The van der Waals surface area contributed by atoms with Gasteiger partial charge in [-0.3, -0.25) is 4.79 Å². The second kappa shape index (κ2) is 7.59. The fraction of sp³-hybridized carbons (Fsp3) is 0.318. The lowest BCUT2D eigenvalue weighted by Gasteiger charge is -2.25. The summed E-state index contributed by atoms with van der Waals surface area (Å²) in [5, 5.41) is 0. The third-order valence-electron chi connectivity index (χ3n) is 4.63. The van der Waals surface area contributed by atoms with Gasteiger partial charge in [0.25, 0.3) is 0 Å². The fourth-order valence-electron chi connectivity index (χ4n) is 3.42. The molecule has 0 N–H and O–H groups in total. The van der Waals surface area contributed by atoms with Gasteiger partial charge in [-0.25, -0.2) is 0 Å². The zero-order valence-electron chi connectivity index (χ0n) is 14.5. The Morgan fingerprint density at radius 2 is 1.67 bits per heavy atom. The standard InChI is InChI=1S/C22H25NO/c1-23(2)16-21-10-6-9-20(22(21)24)15-17-11-13-19(14-12-17)18-7-4-3-5-8-18/h3-5,7-8,11-15,21H,6,9-10,16H2,1-2H3. The van der Waals surface area contributed by atoms with Crippen LogP contribution in [0.3, 0.4) is 0 Å². The average molecular weight is 319 g/mol. The van der Waals surface area contributed by atoms with Gasteiger partial charge in [0.15, 0.2) is 5.78 Å².